The van der Waals surface area contributed by atoms with E-state index in [4.69, 9.17) is 13.9 Å². The van der Waals surface area contributed by atoms with Gasteiger partial charge >= 0.3 is 5.97 Å². The van der Waals surface area contributed by atoms with Crippen LogP contribution in [0, 0.1) is 0 Å². The molecule has 0 aliphatic rings. The minimum absolute atomic E-state index is 0.0306. The largest absolute Gasteiger partial charge is 0.486 e. The number of methoxy groups -OCH3 is 1. The van der Waals surface area contributed by atoms with Crippen LogP contribution in [0.1, 0.15) is 33.7 Å². The van der Waals surface area contributed by atoms with E-state index in [0.717, 1.165) is 4.47 Å². The summed E-state index contributed by atoms with van der Waals surface area (Å²) in [4.78, 5) is 24.3. The first-order valence-corrected chi connectivity index (χ1v) is 9.23. The summed E-state index contributed by atoms with van der Waals surface area (Å²) < 4.78 is 18.3. The number of carbonyl (C=O) groups excluding carboxylic acids is 2. The summed E-state index contributed by atoms with van der Waals surface area (Å²) in [6.45, 7) is 2.58. The minimum atomic E-state index is -0.634. The van der Waals surface area contributed by atoms with Crippen molar-refractivity contribution >= 4 is 33.5 Å². The number of hydrogen-bond acceptors (Lipinski definition) is 6. The van der Waals surface area contributed by atoms with Gasteiger partial charge in [-0.05, 0) is 43.3 Å². The third-order valence-electron chi connectivity index (χ3n) is 3.79. The number of rotatable bonds is 7. The summed E-state index contributed by atoms with van der Waals surface area (Å²) in [6, 6.07) is 10.6. The van der Waals surface area contributed by atoms with Gasteiger partial charge in [0.15, 0.2) is 11.5 Å². The molecule has 1 amide bonds. The molecule has 8 nitrogen and oxygen atoms in total. The Bertz CT molecular complexity index is 978. The summed E-state index contributed by atoms with van der Waals surface area (Å²) in [7, 11) is 1.25. The van der Waals surface area contributed by atoms with Gasteiger partial charge in [-0.15, -0.1) is 0 Å². The molecular formula is C19H18BrN3O5. The molecule has 1 N–H and O–H groups in total. The molecule has 0 aliphatic carbocycles. The van der Waals surface area contributed by atoms with Gasteiger partial charge in [-0.1, -0.05) is 15.9 Å². The first kappa shape index (κ1) is 19.7. The number of benzene rings is 1. The van der Waals surface area contributed by atoms with Gasteiger partial charge in [-0.2, -0.15) is 5.10 Å². The predicted molar refractivity (Wildman–Crippen MR) is 104 cm³/mol. The number of carbonyl (C=O) groups is 2. The lowest BCUT2D eigenvalue weighted by atomic mass is 10.3. The topological polar surface area (TPSA) is 95.6 Å². The average Bonchev–Trinajstić information content (AvgIpc) is 3.34. The summed E-state index contributed by atoms with van der Waals surface area (Å²) in [5, 5.41) is 6.72. The molecule has 3 aromatic rings. The van der Waals surface area contributed by atoms with Crippen LogP contribution in [0.15, 0.2) is 51.5 Å². The van der Waals surface area contributed by atoms with Crippen molar-refractivity contribution < 1.29 is 23.5 Å². The number of aromatic nitrogens is 2. The van der Waals surface area contributed by atoms with Crippen molar-refractivity contribution in [3.8, 4) is 5.75 Å². The molecule has 146 valence electrons. The number of amides is 1. The molecule has 2 heterocycles. The van der Waals surface area contributed by atoms with Crippen LogP contribution in [-0.4, -0.2) is 28.8 Å². The number of furan rings is 1. The van der Waals surface area contributed by atoms with E-state index < -0.39 is 11.9 Å². The third-order valence-corrected chi connectivity index (χ3v) is 4.32. The zero-order valence-electron chi connectivity index (χ0n) is 15.3. The van der Waals surface area contributed by atoms with Crippen molar-refractivity contribution in [1.29, 1.82) is 0 Å². The summed E-state index contributed by atoms with van der Waals surface area (Å²) in [5.41, 5.74) is 0.283. The molecule has 3 rings (SSSR count). The monoisotopic (exact) mass is 447 g/mol. The number of anilines is 1. The van der Waals surface area contributed by atoms with Crippen LogP contribution in [0.4, 0.5) is 5.69 Å². The van der Waals surface area contributed by atoms with Crippen LogP contribution >= 0.6 is 15.9 Å². The predicted octanol–water partition coefficient (Wildman–Crippen LogP) is 3.88. The van der Waals surface area contributed by atoms with E-state index in [1.54, 1.807) is 12.3 Å². The number of aryl methyl sites for hydroxylation is 1. The van der Waals surface area contributed by atoms with Gasteiger partial charge in [0.2, 0.25) is 0 Å². The van der Waals surface area contributed by atoms with Gasteiger partial charge in [0, 0.05) is 17.2 Å². The Morgan fingerprint density at radius 2 is 1.96 bits per heavy atom. The van der Waals surface area contributed by atoms with Crippen molar-refractivity contribution in [1.82, 2.24) is 9.78 Å². The van der Waals surface area contributed by atoms with Gasteiger partial charge in [-0.25, -0.2) is 4.79 Å². The van der Waals surface area contributed by atoms with Crippen LogP contribution < -0.4 is 10.1 Å². The highest BCUT2D eigenvalue weighted by Crippen LogP contribution is 2.20. The van der Waals surface area contributed by atoms with Crippen molar-refractivity contribution in [2.45, 2.75) is 20.1 Å². The fourth-order valence-electron chi connectivity index (χ4n) is 2.37. The van der Waals surface area contributed by atoms with Crippen LogP contribution in [0.5, 0.6) is 5.75 Å². The lowest BCUT2D eigenvalue weighted by molar-refractivity contribution is 0.0594. The van der Waals surface area contributed by atoms with E-state index >= 15 is 0 Å². The van der Waals surface area contributed by atoms with E-state index in [2.05, 4.69) is 26.3 Å². The number of nitrogens with zero attached hydrogens (tertiary/aromatic N) is 2. The second kappa shape index (κ2) is 8.75. The van der Waals surface area contributed by atoms with E-state index in [0.29, 0.717) is 18.1 Å². The molecule has 28 heavy (non-hydrogen) atoms. The fraction of sp³-hybridized carbons (Fsp3) is 0.211. The summed E-state index contributed by atoms with van der Waals surface area (Å²) in [5.74, 6) is 0.126. The zero-order valence-corrected chi connectivity index (χ0v) is 16.9. The first-order chi connectivity index (χ1) is 13.5. The fourth-order valence-corrected chi connectivity index (χ4v) is 2.63. The Balaban J connectivity index is 1.66. The molecule has 0 aliphatic heterocycles. The zero-order chi connectivity index (χ0) is 20.1. The quantitative estimate of drug-likeness (QED) is 0.552. The van der Waals surface area contributed by atoms with E-state index in [1.807, 2.05) is 31.2 Å². The van der Waals surface area contributed by atoms with Crippen LogP contribution in [0.25, 0.3) is 0 Å². The van der Waals surface area contributed by atoms with Crippen molar-refractivity contribution in [3.63, 3.8) is 0 Å². The molecule has 0 saturated carbocycles. The minimum Gasteiger partial charge on any atom is -0.486 e. The van der Waals surface area contributed by atoms with Gasteiger partial charge in [0.25, 0.3) is 5.91 Å². The van der Waals surface area contributed by atoms with Gasteiger partial charge in [-0.3, -0.25) is 9.48 Å². The molecule has 0 radical (unpaired) electrons. The molecule has 0 spiro atoms. The Morgan fingerprint density at radius 3 is 2.64 bits per heavy atom. The average molecular weight is 448 g/mol. The molecule has 1 aromatic carbocycles. The highest BCUT2D eigenvalue weighted by atomic mass is 79.9. The van der Waals surface area contributed by atoms with Crippen molar-refractivity contribution in [2.75, 3.05) is 12.4 Å². The second-order valence-electron chi connectivity index (χ2n) is 5.70. The number of esters is 1. The summed E-state index contributed by atoms with van der Waals surface area (Å²) >= 11 is 3.36. The van der Waals surface area contributed by atoms with Crippen LogP contribution in [-0.2, 0) is 17.9 Å². The summed E-state index contributed by atoms with van der Waals surface area (Å²) in [6.07, 6.45) is 1.56. The maximum Gasteiger partial charge on any atom is 0.360 e. The number of nitrogens with one attached hydrogen (secondary N) is 1. The molecular weight excluding hydrogens is 430 g/mol. The van der Waals surface area contributed by atoms with Crippen LogP contribution in [0.2, 0.25) is 0 Å². The van der Waals surface area contributed by atoms with Crippen molar-refractivity contribution in [2.24, 2.45) is 0 Å². The molecule has 0 fully saturated rings. The normalized spacial score (nSPS) is 10.5. The number of halogens is 1. The Morgan fingerprint density at radius 1 is 1.21 bits per heavy atom. The Labute approximate surface area is 169 Å². The molecule has 0 unspecified atom stereocenters. The third kappa shape index (κ3) is 4.61. The van der Waals surface area contributed by atoms with Crippen molar-refractivity contribution in [3.05, 3.63) is 64.3 Å². The van der Waals surface area contributed by atoms with Crippen LogP contribution in [0.3, 0.4) is 0 Å². The van der Waals surface area contributed by atoms with E-state index in [9.17, 15) is 9.59 Å². The lowest BCUT2D eigenvalue weighted by Gasteiger charge is -2.04. The highest BCUT2D eigenvalue weighted by molar-refractivity contribution is 9.10. The molecule has 0 saturated heterocycles. The molecule has 0 bridgehead atoms. The molecule has 2 aromatic heterocycles. The van der Waals surface area contributed by atoms with Gasteiger partial charge < -0.3 is 19.2 Å². The maximum atomic E-state index is 12.5. The smallest absolute Gasteiger partial charge is 0.360 e. The number of ether oxygens (including phenoxy) is 2. The standard InChI is InChI=1S/C19H18BrN3O5/c1-3-23-10-15(17(22-23)19(25)26-2)21-18(24)16-9-8-14(28-16)11-27-13-6-4-12(20)5-7-13/h4-10H,3,11H2,1-2H3,(H,21,24). The van der Waals surface area contributed by atoms with Gasteiger partial charge in [0.1, 0.15) is 18.1 Å². The van der Waals surface area contributed by atoms with Gasteiger partial charge in [0.05, 0.1) is 12.8 Å². The molecule has 9 heteroatoms. The highest BCUT2D eigenvalue weighted by Gasteiger charge is 2.21. The van der Waals surface area contributed by atoms with E-state index in [1.165, 1.54) is 17.9 Å². The Kier molecular flexibility index (Phi) is 6.15. The molecule has 0 atom stereocenters. The first-order valence-electron chi connectivity index (χ1n) is 8.44. The SMILES string of the molecule is CCn1cc(NC(=O)c2ccc(COc3ccc(Br)cc3)o2)c(C(=O)OC)n1. The Hall–Kier alpha value is -3.07. The maximum absolute atomic E-state index is 12.5. The van der Waals surface area contributed by atoms with E-state index in [-0.39, 0.29) is 23.7 Å². The second-order valence-corrected chi connectivity index (χ2v) is 6.62. The lowest BCUT2D eigenvalue weighted by Crippen LogP contribution is -2.14. The number of hydrogen-bond donors (Lipinski definition) is 1.